The second-order valence-corrected chi connectivity index (χ2v) is 9.00. The lowest BCUT2D eigenvalue weighted by atomic mass is 10.1. The average Bonchev–Trinajstić information content (AvgIpc) is 3.09. The summed E-state index contributed by atoms with van der Waals surface area (Å²) < 4.78 is 23.2. The minimum Gasteiger partial charge on any atom is -0.341 e. The van der Waals surface area contributed by atoms with Crippen LogP contribution >= 0.6 is 11.6 Å². The van der Waals surface area contributed by atoms with E-state index in [1.54, 1.807) is 31.3 Å². The minimum atomic E-state index is -3.06. The van der Waals surface area contributed by atoms with E-state index in [1.165, 1.54) is 9.80 Å². The summed E-state index contributed by atoms with van der Waals surface area (Å²) in [5.74, 6) is -0.676. The summed E-state index contributed by atoms with van der Waals surface area (Å²) in [6, 6.07) is 6.73. The fourth-order valence-electron chi connectivity index (χ4n) is 3.33. The lowest BCUT2D eigenvalue weighted by molar-refractivity contribution is -0.136. The highest BCUT2D eigenvalue weighted by Gasteiger charge is 2.40. The van der Waals surface area contributed by atoms with Gasteiger partial charge in [0.2, 0.25) is 11.8 Å². The molecule has 2 heterocycles. The van der Waals surface area contributed by atoms with Crippen LogP contribution in [0.15, 0.2) is 24.3 Å². The largest absolute Gasteiger partial charge is 0.341 e. The predicted octanol–water partition coefficient (Wildman–Crippen LogP) is 1.34. The van der Waals surface area contributed by atoms with Crippen LogP contribution in [0.3, 0.4) is 0 Å². The van der Waals surface area contributed by atoms with Gasteiger partial charge in [-0.25, -0.2) is 8.42 Å². The number of hydrogen-bond acceptors (Lipinski definition) is 4. The molecule has 3 rings (SSSR count). The molecule has 0 aliphatic carbocycles. The molecule has 8 heteroatoms. The zero-order valence-electron chi connectivity index (χ0n) is 13.3. The Morgan fingerprint density at radius 3 is 2.67 bits per heavy atom. The molecule has 130 valence electrons. The fourth-order valence-corrected chi connectivity index (χ4v) is 5.34. The predicted molar refractivity (Wildman–Crippen MR) is 91.7 cm³/mol. The number of nitrogens with zero attached hydrogens (tertiary/aromatic N) is 2. The van der Waals surface area contributed by atoms with Crippen molar-refractivity contribution in [1.82, 2.24) is 4.90 Å². The minimum absolute atomic E-state index is 0.00410. The van der Waals surface area contributed by atoms with Crippen LogP contribution in [-0.4, -0.2) is 56.3 Å². The van der Waals surface area contributed by atoms with Gasteiger partial charge in [0.1, 0.15) is 0 Å². The molecule has 0 bridgehead atoms. The zero-order chi connectivity index (χ0) is 17.5. The summed E-state index contributed by atoms with van der Waals surface area (Å²) in [5.41, 5.74) is 0.602. The summed E-state index contributed by atoms with van der Waals surface area (Å²) in [6.45, 7) is 0.269. The van der Waals surface area contributed by atoms with Gasteiger partial charge in [0.15, 0.2) is 9.84 Å². The molecule has 2 atom stereocenters. The summed E-state index contributed by atoms with van der Waals surface area (Å²) in [4.78, 5) is 28.0. The fraction of sp³-hybridized carbons (Fsp3) is 0.500. The van der Waals surface area contributed by atoms with Crippen LogP contribution in [0.25, 0.3) is 0 Å². The second-order valence-electron chi connectivity index (χ2n) is 6.36. The van der Waals surface area contributed by atoms with Gasteiger partial charge in [-0.05, 0) is 18.6 Å². The van der Waals surface area contributed by atoms with Crippen LogP contribution in [0.4, 0.5) is 5.69 Å². The Hall–Kier alpha value is -1.60. The van der Waals surface area contributed by atoms with E-state index in [1.807, 2.05) is 0 Å². The molecular weight excluding hydrogens is 352 g/mol. The van der Waals surface area contributed by atoms with Crippen LogP contribution in [0.1, 0.15) is 12.8 Å². The molecule has 0 saturated carbocycles. The third kappa shape index (κ3) is 3.28. The summed E-state index contributed by atoms with van der Waals surface area (Å²) >= 11 is 6.14. The molecule has 24 heavy (non-hydrogen) atoms. The number of sulfone groups is 1. The van der Waals surface area contributed by atoms with Gasteiger partial charge >= 0.3 is 0 Å². The molecule has 0 N–H and O–H groups in total. The van der Waals surface area contributed by atoms with Crippen LogP contribution in [0.2, 0.25) is 5.02 Å². The molecule has 0 aromatic heterocycles. The molecule has 1 aromatic carbocycles. The van der Waals surface area contributed by atoms with Crippen molar-refractivity contribution < 1.29 is 18.0 Å². The number of halogens is 1. The van der Waals surface area contributed by atoms with Gasteiger partial charge in [-0.3, -0.25) is 9.59 Å². The van der Waals surface area contributed by atoms with Gasteiger partial charge in [0.05, 0.1) is 28.1 Å². The molecule has 2 unspecified atom stereocenters. The first-order valence-electron chi connectivity index (χ1n) is 7.80. The highest BCUT2D eigenvalue weighted by molar-refractivity contribution is 7.91. The van der Waals surface area contributed by atoms with Crippen LogP contribution in [-0.2, 0) is 19.4 Å². The van der Waals surface area contributed by atoms with Crippen LogP contribution in [0, 0.1) is 5.92 Å². The van der Waals surface area contributed by atoms with Gasteiger partial charge in [-0.1, -0.05) is 23.7 Å². The number of hydrogen-bond donors (Lipinski definition) is 0. The van der Waals surface area contributed by atoms with E-state index in [9.17, 15) is 18.0 Å². The Balaban J connectivity index is 1.71. The molecule has 2 amide bonds. The smallest absolute Gasteiger partial charge is 0.228 e. The van der Waals surface area contributed by atoms with E-state index >= 15 is 0 Å². The molecule has 2 aliphatic heterocycles. The zero-order valence-corrected chi connectivity index (χ0v) is 14.9. The molecule has 2 aliphatic rings. The van der Waals surface area contributed by atoms with Gasteiger partial charge < -0.3 is 9.80 Å². The van der Waals surface area contributed by atoms with Gasteiger partial charge in [-0.15, -0.1) is 0 Å². The normalized spacial score (nSPS) is 25.9. The van der Waals surface area contributed by atoms with Crippen molar-refractivity contribution in [2.45, 2.75) is 18.9 Å². The third-order valence-corrected chi connectivity index (χ3v) is 6.79. The molecule has 6 nitrogen and oxygen atoms in total. The van der Waals surface area contributed by atoms with Crippen molar-refractivity contribution in [3.63, 3.8) is 0 Å². The molecule has 0 spiro atoms. The van der Waals surface area contributed by atoms with E-state index < -0.39 is 15.8 Å². The SMILES string of the molecule is CN(C(=O)C1CC(=O)N(c2ccccc2Cl)C1)C1CCS(=O)(=O)C1. The van der Waals surface area contributed by atoms with Crippen molar-refractivity contribution in [1.29, 1.82) is 0 Å². The molecular formula is C16H19ClN2O4S. The van der Waals surface area contributed by atoms with E-state index in [0.29, 0.717) is 17.1 Å². The quantitative estimate of drug-likeness (QED) is 0.804. The van der Waals surface area contributed by atoms with Crippen molar-refractivity contribution in [2.75, 3.05) is 30.0 Å². The van der Waals surface area contributed by atoms with Gasteiger partial charge in [0.25, 0.3) is 0 Å². The Morgan fingerprint density at radius 2 is 2.04 bits per heavy atom. The van der Waals surface area contributed by atoms with Crippen molar-refractivity contribution >= 4 is 38.9 Å². The number of anilines is 1. The maximum Gasteiger partial charge on any atom is 0.228 e. The Morgan fingerprint density at radius 1 is 1.33 bits per heavy atom. The van der Waals surface area contributed by atoms with E-state index in [0.717, 1.165) is 0 Å². The van der Waals surface area contributed by atoms with E-state index in [2.05, 4.69) is 0 Å². The summed E-state index contributed by atoms with van der Waals surface area (Å²) in [5, 5.41) is 0.467. The summed E-state index contributed by atoms with van der Waals surface area (Å²) in [7, 11) is -1.43. The third-order valence-electron chi connectivity index (χ3n) is 4.72. The number of rotatable bonds is 3. The first-order valence-corrected chi connectivity index (χ1v) is 10.0. The van der Waals surface area contributed by atoms with E-state index in [4.69, 9.17) is 11.6 Å². The first kappa shape index (κ1) is 17.2. The van der Waals surface area contributed by atoms with Gasteiger partial charge in [-0.2, -0.15) is 0 Å². The Bertz CT molecular complexity index is 780. The maximum absolute atomic E-state index is 12.7. The van der Waals surface area contributed by atoms with Crippen LogP contribution in [0.5, 0.6) is 0 Å². The van der Waals surface area contributed by atoms with Crippen LogP contribution < -0.4 is 4.90 Å². The second kappa shape index (κ2) is 6.37. The molecule has 2 fully saturated rings. The van der Waals surface area contributed by atoms with Gasteiger partial charge in [0, 0.05) is 26.1 Å². The number of carbonyl (C=O) groups is 2. The topological polar surface area (TPSA) is 74.8 Å². The monoisotopic (exact) mass is 370 g/mol. The standard InChI is InChI=1S/C16H19ClN2O4S/c1-18(12-6-7-24(22,23)10-12)16(21)11-8-15(20)19(9-11)14-5-3-2-4-13(14)17/h2-5,11-12H,6-10H2,1H3. The number of amides is 2. The van der Waals surface area contributed by atoms with Crippen molar-refractivity contribution in [2.24, 2.45) is 5.92 Å². The Kier molecular flexibility index (Phi) is 4.57. The Labute approximate surface area is 146 Å². The summed E-state index contributed by atoms with van der Waals surface area (Å²) in [6.07, 6.45) is 0.577. The lowest BCUT2D eigenvalue weighted by Crippen LogP contribution is -2.42. The van der Waals surface area contributed by atoms with E-state index in [-0.39, 0.29) is 42.3 Å². The highest BCUT2D eigenvalue weighted by atomic mass is 35.5. The number of para-hydroxylation sites is 1. The first-order chi connectivity index (χ1) is 11.3. The average molecular weight is 371 g/mol. The number of carbonyl (C=O) groups excluding carboxylic acids is 2. The number of benzene rings is 1. The van der Waals surface area contributed by atoms with Crippen molar-refractivity contribution in [3.8, 4) is 0 Å². The molecule has 0 radical (unpaired) electrons. The maximum atomic E-state index is 12.7. The van der Waals surface area contributed by atoms with Crippen molar-refractivity contribution in [3.05, 3.63) is 29.3 Å². The highest BCUT2D eigenvalue weighted by Crippen LogP contribution is 2.32. The molecule has 1 aromatic rings. The lowest BCUT2D eigenvalue weighted by Gasteiger charge is -2.26. The molecule has 2 saturated heterocycles.